The third-order valence-electron chi connectivity index (χ3n) is 5.01. The summed E-state index contributed by atoms with van der Waals surface area (Å²) in [6.45, 7) is 8.14. The van der Waals surface area contributed by atoms with Crippen LogP contribution in [-0.2, 0) is 14.6 Å². The number of nitrogens with zero attached hydrogens (tertiary/aromatic N) is 1. The van der Waals surface area contributed by atoms with Crippen LogP contribution in [0.25, 0.3) is 0 Å². The Morgan fingerprint density at radius 3 is 2.70 bits per heavy atom. The van der Waals surface area contributed by atoms with Crippen LogP contribution >= 0.6 is 0 Å². The van der Waals surface area contributed by atoms with Gasteiger partial charge in [0.15, 0.2) is 15.3 Å². The van der Waals surface area contributed by atoms with Gasteiger partial charge in [-0.25, -0.2) is 0 Å². The summed E-state index contributed by atoms with van der Waals surface area (Å²) in [5, 5.41) is 3.55. The minimum absolute atomic E-state index is 0.173. The molecule has 1 unspecified atom stereocenters. The average molecular weight is 337 g/mol. The topological polar surface area (TPSA) is 67.4 Å². The van der Waals surface area contributed by atoms with E-state index in [9.17, 15) is 8.76 Å². The van der Waals surface area contributed by atoms with Crippen LogP contribution in [0.3, 0.4) is 0 Å². The molecular weight excluding hydrogens is 310 g/mol. The standard InChI is InChI=1S/C17H27N3O2S/c1-14(2)7-10-20-11-8-17(9-12-20)13-18-23(21,22)16-6-4-3-5-15(16)19-17/h3-6,14,19H,7-13H2,1-2H3,(H-,18,21,22). The molecule has 3 rings (SSSR count). The molecule has 0 saturated carbocycles. The summed E-state index contributed by atoms with van der Waals surface area (Å²) in [5.74, 6) is 0.723. The van der Waals surface area contributed by atoms with Gasteiger partial charge in [0.05, 0.1) is 17.8 Å². The first-order chi connectivity index (χ1) is 10.9. The number of sulfonamides is 1. The molecule has 0 aromatic heterocycles. The first kappa shape index (κ1) is 16.9. The van der Waals surface area contributed by atoms with Gasteiger partial charge >= 0.3 is 0 Å². The van der Waals surface area contributed by atoms with E-state index in [1.54, 1.807) is 12.1 Å². The molecule has 0 amide bonds. The zero-order chi connectivity index (χ0) is 16.5. The molecule has 2 N–H and O–H groups in total. The Hall–Kier alpha value is -0.950. The molecule has 2 heterocycles. The van der Waals surface area contributed by atoms with Gasteiger partial charge in [-0.05, 0) is 43.9 Å². The van der Waals surface area contributed by atoms with Gasteiger partial charge in [0.25, 0.3) is 0 Å². The van der Waals surface area contributed by atoms with Gasteiger partial charge in [-0.3, -0.25) is 0 Å². The number of anilines is 1. The van der Waals surface area contributed by atoms with E-state index in [0.717, 1.165) is 44.1 Å². The van der Waals surface area contributed by atoms with Crippen LogP contribution in [0.4, 0.5) is 5.69 Å². The first-order valence-corrected chi connectivity index (χ1v) is 9.98. The van der Waals surface area contributed by atoms with Crippen LogP contribution in [0.5, 0.6) is 0 Å². The van der Waals surface area contributed by atoms with Crippen LogP contribution in [0.15, 0.2) is 29.2 Å². The molecule has 1 atom stereocenters. The molecule has 0 aliphatic carbocycles. The highest BCUT2D eigenvalue weighted by Crippen LogP contribution is 2.34. The SMILES string of the molecule is CC(C)CCN1CCC2(CC1)CN[S+](=O)([O-])c1ccccc1N2. The fraction of sp³-hybridized carbons (Fsp3) is 0.647. The molecule has 1 spiro atoms. The van der Waals surface area contributed by atoms with Gasteiger partial charge in [0.2, 0.25) is 0 Å². The first-order valence-electron chi connectivity index (χ1n) is 8.49. The summed E-state index contributed by atoms with van der Waals surface area (Å²) in [5.41, 5.74) is 0.557. The lowest BCUT2D eigenvalue weighted by atomic mass is 9.87. The Morgan fingerprint density at radius 1 is 1.30 bits per heavy atom. The van der Waals surface area contributed by atoms with Gasteiger partial charge in [-0.2, -0.15) is 0 Å². The zero-order valence-corrected chi connectivity index (χ0v) is 14.8. The second-order valence-corrected chi connectivity index (χ2v) is 8.99. The highest BCUT2D eigenvalue weighted by Gasteiger charge is 2.41. The van der Waals surface area contributed by atoms with Crippen LogP contribution in [0.2, 0.25) is 0 Å². The molecule has 1 saturated heterocycles. The van der Waals surface area contributed by atoms with Gasteiger partial charge in [0.1, 0.15) is 0 Å². The zero-order valence-electron chi connectivity index (χ0n) is 14.0. The van der Waals surface area contributed by atoms with Crippen molar-refractivity contribution in [3.8, 4) is 0 Å². The highest BCUT2D eigenvalue weighted by atomic mass is 32.3. The van der Waals surface area contributed by atoms with Crippen molar-refractivity contribution in [3.63, 3.8) is 0 Å². The van der Waals surface area contributed by atoms with Crippen molar-refractivity contribution in [3.05, 3.63) is 24.3 Å². The van der Waals surface area contributed by atoms with Crippen molar-refractivity contribution in [1.82, 2.24) is 9.62 Å². The predicted molar refractivity (Wildman–Crippen MR) is 93.0 cm³/mol. The lowest BCUT2D eigenvalue weighted by Gasteiger charge is -2.41. The summed E-state index contributed by atoms with van der Waals surface area (Å²) in [7, 11) is -3.41. The predicted octanol–water partition coefficient (Wildman–Crippen LogP) is 2.49. The maximum Gasteiger partial charge on any atom is 0.198 e. The average Bonchev–Trinajstić information content (AvgIpc) is 2.63. The molecule has 1 aromatic carbocycles. The Balaban J connectivity index is 1.72. The molecule has 1 fully saturated rings. The molecular formula is C17H27N3O2S. The fourth-order valence-corrected chi connectivity index (χ4v) is 4.68. The van der Waals surface area contributed by atoms with Crippen molar-refractivity contribution >= 4 is 16.1 Å². The third kappa shape index (κ3) is 3.76. The maximum absolute atomic E-state index is 12.4. The van der Waals surface area contributed by atoms with Crippen LogP contribution in [-0.4, -0.2) is 41.2 Å². The molecule has 128 valence electrons. The molecule has 23 heavy (non-hydrogen) atoms. The van der Waals surface area contributed by atoms with E-state index in [4.69, 9.17) is 0 Å². The number of benzene rings is 1. The number of hydrogen-bond donors (Lipinski definition) is 2. The molecule has 5 nitrogen and oxygen atoms in total. The van der Waals surface area contributed by atoms with E-state index in [0.29, 0.717) is 11.4 Å². The summed E-state index contributed by atoms with van der Waals surface area (Å²) >= 11 is 0. The second kappa shape index (κ2) is 6.51. The number of piperidine rings is 1. The Bertz CT molecular complexity index is 597. The minimum atomic E-state index is -3.41. The van der Waals surface area contributed by atoms with Crippen LogP contribution < -0.4 is 10.0 Å². The lowest BCUT2D eigenvalue weighted by Crippen LogP contribution is -2.54. The maximum atomic E-state index is 12.4. The molecule has 2 aliphatic heterocycles. The summed E-state index contributed by atoms with van der Waals surface area (Å²) in [6.07, 6.45) is 3.14. The molecule has 2 aliphatic rings. The van der Waals surface area contributed by atoms with Crippen LogP contribution in [0.1, 0.15) is 33.1 Å². The normalized spacial score (nSPS) is 27.5. The lowest BCUT2D eigenvalue weighted by molar-refractivity contribution is 0.167. The molecule has 0 bridgehead atoms. The van der Waals surface area contributed by atoms with Gasteiger partial charge < -0.3 is 14.8 Å². The number of para-hydroxylation sites is 1. The quantitative estimate of drug-likeness (QED) is 0.832. The van der Waals surface area contributed by atoms with Crippen LogP contribution in [0, 0.1) is 5.92 Å². The van der Waals surface area contributed by atoms with Crippen molar-refractivity contribution in [2.45, 2.75) is 43.5 Å². The number of fused-ring (bicyclic) bond motifs is 1. The van der Waals surface area contributed by atoms with Crippen molar-refractivity contribution < 1.29 is 8.76 Å². The molecule has 6 heteroatoms. The minimum Gasteiger partial charge on any atom is -0.593 e. The Morgan fingerprint density at radius 2 is 2.00 bits per heavy atom. The largest absolute Gasteiger partial charge is 0.593 e. The van der Waals surface area contributed by atoms with Gasteiger partial charge in [0, 0.05) is 13.1 Å². The van der Waals surface area contributed by atoms with Crippen molar-refractivity contribution in [2.24, 2.45) is 5.92 Å². The smallest absolute Gasteiger partial charge is 0.198 e. The van der Waals surface area contributed by atoms with Crippen molar-refractivity contribution in [2.75, 3.05) is 31.5 Å². The van der Waals surface area contributed by atoms with E-state index in [1.807, 2.05) is 12.1 Å². The highest BCUT2D eigenvalue weighted by molar-refractivity contribution is 7.96. The summed E-state index contributed by atoms with van der Waals surface area (Å²) in [6, 6.07) is 7.19. The van der Waals surface area contributed by atoms with Gasteiger partial charge in [-0.1, -0.05) is 30.2 Å². The number of likely N-dealkylation sites (tertiary alicyclic amines) is 1. The monoisotopic (exact) mass is 337 g/mol. The van der Waals surface area contributed by atoms with E-state index in [1.165, 1.54) is 6.42 Å². The fourth-order valence-electron chi connectivity index (χ4n) is 3.39. The molecule has 1 aromatic rings. The number of rotatable bonds is 3. The third-order valence-corrected chi connectivity index (χ3v) is 6.47. The summed E-state index contributed by atoms with van der Waals surface area (Å²) in [4.78, 5) is 2.86. The van der Waals surface area contributed by atoms with Gasteiger partial charge in [-0.15, -0.1) is 4.72 Å². The van der Waals surface area contributed by atoms with E-state index < -0.39 is 10.4 Å². The second-order valence-electron chi connectivity index (χ2n) is 7.25. The summed E-state index contributed by atoms with van der Waals surface area (Å²) < 4.78 is 27.6. The van der Waals surface area contributed by atoms with E-state index in [-0.39, 0.29) is 5.54 Å². The van der Waals surface area contributed by atoms with E-state index >= 15 is 0 Å². The van der Waals surface area contributed by atoms with E-state index in [2.05, 4.69) is 28.8 Å². The Labute approximate surface area is 140 Å². The number of hydrogen-bond acceptors (Lipinski definition) is 4. The van der Waals surface area contributed by atoms with Crippen molar-refractivity contribution in [1.29, 1.82) is 0 Å². The Kier molecular flexibility index (Phi) is 4.78. The number of nitrogens with one attached hydrogen (secondary N) is 2. The molecule has 0 radical (unpaired) electrons.